The molecule has 0 bridgehead atoms. The van der Waals surface area contributed by atoms with Crippen LogP contribution >= 0.6 is 0 Å². The lowest BCUT2D eigenvalue weighted by Gasteiger charge is -2.28. The molecule has 1 aliphatic rings. The molecule has 4 nitrogen and oxygen atoms in total. The highest BCUT2D eigenvalue weighted by atomic mass is 19.1. The third kappa shape index (κ3) is 1.22. The number of aliphatic hydroxyl groups excluding tert-OH is 1. The average molecular weight is 197 g/mol. The molecule has 1 unspecified atom stereocenters. The highest BCUT2D eigenvalue weighted by Crippen LogP contribution is 2.32. The summed E-state index contributed by atoms with van der Waals surface area (Å²) in [6, 6.07) is 3.77. The van der Waals surface area contributed by atoms with Crippen molar-refractivity contribution in [2.75, 3.05) is 11.9 Å². The van der Waals surface area contributed by atoms with Gasteiger partial charge in [0.2, 0.25) is 6.29 Å². The zero-order valence-corrected chi connectivity index (χ0v) is 7.40. The van der Waals surface area contributed by atoms with E-state index in [1.807, 2.05) is 0 Å². The van der Waals surface area contributed by atoms with Crippen molar-refractivity contribution in [2.45, 2.75) is 6.29 Å². The van der Waals surface area contributed by atoms with Crippen LogP contribution in [0.1, 0.15) is 11.9 Å². The first-order chi connectivity index (χ1) is 6.59. The summed E-state index contributed by atoms with van der Waals surface area (Å²) in [4.78, 5) is 12.2. The second-order valence-electron chi connectivity index (χ2n) is 3.00. The molecule has 0 radical (unpaired) electrons. The highest BCUT2D eigenvalue weighted by Gasteiger charge is 2.29. The Labute approximate surface area is 79.5 Å². The lowest BCUT2D eigenvalue weighted by atomic mass is 10.1. The molecule has 1 atom stereocenters. The standard InChI is InChI=1S/C9H8FNO3/c1-11-7-4-5(10)2-3-6(7)8(12)14-9(11)13/h2-4,8,12H,1H3. The Bertz CT molecular complexity index is 394. The minimum absolute atomic E-state index is 0.328. The molecular weight excluding hydrogens is 189 g/mol. The van der Waals surface area contributed by atoms with E-state index < -0.39 is 18.2 Å². The SMILES string of the molecule is CN1C(=O)OC(O)c2ccc(F)cc21. The molecule has 0 spiro atoms. The Morgan fingerprint density at radius 1 is 1.57 bits per heavy atom. The number of rotatable bonds is 0. The van der Waals surface area contributed by atoms with Gasteiger partial charge in [0.15, 0.2) is 0 Å². The number of aliphatic hydroxyl groups is 1. The van der Waals surface area contributed by atoms with Gasteiger partial charge in [-0.05, 0) is 18.2 Å². The van der Waals surface area contributed by atoms with E-state index in [1.165, 1.54) is 25.2 Å². The summed E-state index contributed by atoms with van der Waals surface area (Å²) in [7, 11) is 1.45. The fourth-order valence-electron chi connectivity index (χ4n) is 1.35. The number of fused-ring (bicyclic) bond motifs is 1. The van der Waals surface area contributed by atoms with Gasteiger partial charge in [0.05, 0.1) is 5.69 Å². The molecule has 2 rings (SSSR count). The number of ether oxygens (including phenoxy) is 1. The minimum atomic E-state index is -1.31. The molecule has 0 saturated heterocycles. The molecule has 14 heavy (non-hydrogen) atoms. The molecular formula is C9H8FNO3. The molecule has 0 aromatic heterocycles. The van der Waals surface area contributed by atoms with Crippen LogP contribution in [0.5, 0.6) is 0 Å². The Kier molecular flexibility index (Phi) is 1.89. The Hall–Kier alpha value is -1.62. The van der Waals surface area contributed by atoms with Gasteiger partial charge in [-0.2, -0.15) is 0 Å². The first-order valence-electron chi connectivity index (χ1n) is 4.01. The van der Waals surface area contributed by atoms with Crippen LogP contribution in [0, 0.1) is 5.82 Å². The predicted octanol–water partition coefficient (Wildman–Crippen LogP) is 1.40. The first-order valence-corrected chi connectivity index (χ1v) is 4.01. The number of cyclic esters (lactones) is 1. The molecule has 1 amide bonds. The fraction of sp³-hybridized carbons (Fsp3) is 0.222. The van der Waals surface area contributed by atoms with E-state index in [2.05, 4.69) is 4.74 Å². The van der Waals surface area contributed by atoms with Crippen LogP contribution in [0.4, 0.5) is 14.9 Å². The second-order valence-corrected chi connectivity index (χ2v) is 3.00. The second kappa shape index (κ2) is 2.95. The summed E-state index contributed by atoms with van der Waals surface area (Å²) in [5.41, 5.74) is 0.710. The van der Waals surface area contributed by atoms with Crippen LogP contribution in [-0.4, -0.2) is 18.2 Å². The van der Waals surface area contributed by atoms with Gasteiger partial charge < -0.3 is 9.84 Å². The van der Waals surface area contributed by atoms with Crippen molar-refractivity contribution in [1.29, 1.82) is 0 Å². The van der Waals surface area contributed by atoms with Crippen LogP contribution in [0.25, 0.3) is 0 Å². The third-order valence-electron chi connectivity index (χ3n) is 2.11. The molecule has 74 valence electrons. The van der Waals surface area contributed by atoms with E-state index in [0.29, 0.717) is 11.3 Å². The molecule has 0 fully saturated rings. The Morgan fingerprint density at radius 3 is 3.00 bits per heavy atom. The van der Waals surface area contributed by atoms with Crippen molar-refractivity contribution in [1.82, 2.24) is 0 Å². The van der Waals surface area contributed by atoms with Gasteiger partial charge in [0.25, 0.3) is 0 Å². The fourth-order valence-corrected chi connectivity index (χ4v) is 1.35. The maximum absolute atomic E-state index is 12.9. The lowest BCUT2D eigenvalue weighted by Crippen LogP contribution is -2.34. The molecule has 5 heteroatoms. The molecule has 0 saturated carbocycles. The van der Waals surface area contributed by atoms with Gasteiger partial charge >= 0.3 is 6.09 Å². The number of carbonyl (C=O) groups excluding carboxylic acids is 1. The summed E-state index contributed by atoms with van der Waals surface area (Å²) < 4.78 is 17.4. The van der Waals surface area contributed by atoms with E-state index in [0.717, 1.165) is 4.90 Å². The van der Waals surface area contributed by atoms with Crippen molar-refractivity contribution >= 4 is 11.8 Å². The van der Waals surface area contributed by atoms with E-state index >= 15 is 0 Å². The van der Waals surface area contributed by atoms with Gasteiger partial charge in [-0.25, -0.2) is 9.18 Å². The zero-order valence-electron chi connectivity index (χ0n) is 7.40. The van der Waals surface area contributed by atoms with Crippen LogP contribution < -0.4 is 4.90 Å². The van der Waals surface area contributed by atoms with E-state index in [9.17, 15) is 14.3 Å². The first kappa shape index (κ1) is 8.96. The number of hydrogen-bond acceptors (Lipinski definition) is 3. The van der Waals surface area contributed by atoms with Crippen molar-refractivity contribution in [3.63, 3.8) is 0 Å². The predicted molar refractivity (Wildman–Crippen MR) is 46.2 cm³/mol. The number of carbonyl (C=O) groups is 1. The van der Waals surface area contributed by atoms with Crippen LogP contribution in [0.3, 0.4) is 0 Å². The summed E-state index contributed by atoms with van der Waals surface area (Å²) in [5, 5.41) is 9.35. The van der Waals surface area contributed by atoms with Gasteiger partial charge in [0, 0.05) is 12.6 Å². The molecule has 0 aliphatic carbocycles. The minimum Gasteiger partial charge on any atom is -0.415 e. The third-order valence-corrected chi connectivity index (χ3v) is 2.11. The maximum atomic E-state index is 12.9. The van der Waals surface area contributed by atoms with Gasteiger partial charge in [-0.3, -0.25) is 4.90 Å². The molecule has 1 aromatic carbocycles. The number of amides is 1. The number of halogens is 1. The summed E-state index contributed by atoms with van der Waals surface area (Å²) >= 11 is 0. The van der Waals surface area contributed by atoms with Crippen molar-refractivity contribution in [3.8, 4) is 0 Å². The van der Waals surface area contributed by atoms with Crippen LogP contribution in [0.15, 0.2) is 18.2 Å². The molecule has 1 aromatic rings. The average Bonchev–Trinajstić information content (AvgIpc) is 2.14. The van der Waals surface area contributed by atoms with Crippen molar-refractivity contribution in [3.05, 3.63) is 29.6 Å². The highest BCUT2D eigenvalue weighted by molar-refractivity contribution is 5.90. The van der Waals surface area contributed by atoms with Gasteiger partial charge in [-0.15, -0.1) is 0 Å². The van der Waals surface area contributed by atoms with Crippen molar-refractivity contribution < 1.29 is 19.0 Å². The molecule has 1 heterocycles. The van der Waals surface area contributed by atoms with Gasteiger partial charge in [-0.1, -0.05) is 0 Å². The Morgan fingerprint density at radius 2 is 2.29 bits per heavy atom. The number of hydrogen-bond donors (Lipinski definition) is 1. The Balaban J connectivity index is 2.56. The largest absolute Gasteiger partial charge is 0.416 e. The normalized spacial score (nSPS) is 20.4. The lowest BCUT2D eigenvalue weighted by molar-refractivity contribution is -0.0557. The summed E-state index contributed by atoms with van der Waals surface area (Å²) in [6.07, 6.45) is -2.01. The van der Waals surface area contributed by atoms with Crippen LogP contribution in [-0.2, 0) is 4.74 Å². The molecule has 1 N–H and O–H groups in total. The summed E-state index contributed by atoms with van der Waals surface area (Å²) in [6.45, 7) is 0. The number of benzene rings is 1. The van der Waals surface area contributed by atoms with Crippen molar-refractivity contribution in [2.24, 2.45) is 0 Å². The zero-order chi connectivity index (χ0) is 10.3. The quantitative estimate of drug-likeness (QED) is 0.684. The topological polar surface area (TPSA) is 49.8 Å². The van der Waals surface area contributed by atoms with E-state index in [4.69, 9.17) is 0 Å². The number of nitrogens with zero attached hydrogens (tertiary/aromatic N) is 1. The van der Waals surface area contributed by atoms with Gasteiger partial charge in [0.1, 0.15) is 5.82 Å². The van der Waals surface area contributed by atoms with E-state index in [-0.39, 0.29) is 0 Å². The maximum Gasteiger partial charge on any atom is 0.416 e. The molecule has 1 aliphatic heterocycles. The van der Waals surface area contributed by atoms with Crippen LogP contribution in [0.2, 0.25) is 0 Å². The smallest absolute Gasteiger partial charge is 0.415 e. The summed E-state index contributed by atoms with van der Waals surface area (Å²) in [5.74, 6) is -0.461. The number of anilines is 1. The monoisotopic (exact) mass is 197 g/mol. The van der Waals surface area contributed by atoms with E-state index in [1.54, 1.807) is 0 Å².